The Morgan fingerprint density at radius 2 is 1.72 bits per heavy atom. The molecule has 0 bridgehead atoms. The topological polar surface area (TPSA) is 37.3 Å². The van der Waals surface area contributed by atoms with Gasteiger partial charge in [0.2, 0.25) is 0 Å². The highest BCUT2D eigenvalue weighted by Crippen LogP contribution is 2.15. The van der Waals surface area contributed by atoms with Crippen LogP contribution in [0.4, 0.5) is 8.78 Å². The number of aromatic carboxylic acids is 1. The normalized spacial score (nSPS) is 10.3. The van der Waals surface area contributed by atoms with Gasteiger partial charge in [-0.05, 0) is 29.3 Å². The second-order valence-electron chi connectivity index (χ2n) is 3.91. The van der Waals surface area contributed by atoms with Gasteiger partial charge in [0, 0.05) is 12.5 Å². The first-order valence-electron chi connectivity index (χ1n) is 5.32. The van der Waals surface area contributed by atoms with Gasteiger partial charge in [-0.2, -0.15) is 0 Å². The number of rotatable bonds is 3. The van der Waals surface area contributed by atoms with E-state index in [9.17, 15) is 13.6 Å². The van der Waals surface area contributed by atoms with Crippen LogP contribution in [0.15, 0.2) is 42.5 Å². The van der Waals surface area contributed by atoms with E-state index in [1.165, 1.54) is 24.3 Å². The van der Waals surface area contributed by atoms with Gasteiger partial charge in [-0.25, -0.2) is 13.6 Å². The second-order valence-corrected chi connectivity index (χ2v) is 3.91. The first kappa shape index (κ1) is 12.2. The number of carboxylic acid groups (broad SMARTS) is 1. The van der Waals surface area contributed by atoms with Crippen molar-refractivity contribution in [1.29, 1.82) is 0 Å². The van der Waals surface area contributed by atoms with Crippen LogP contribution in [0, 0.1) is 11.6 Å². The molecule has 0 aromatic heterocycles. The number of halogens is 2. The first-order valence-corrected chi connectivity index (χ1v) is 5.32. The molecule has 0 aliphatic heterocycles. The summed E-state index contributed by atoms with van der Waals surface area (Å²) >= 11 is 0. The van der Waals surface area contributed by atoms with Crippen LogP contribution in [0.1, 0.15) is 21.5 Å². The van der Waals surface area contributed by atoms with Gasteiger partial charge in [-0.3, -0.25) is 0 Å². The smallest absolute Gasteiger partial charge is 0.335 e. The predicted octanol–water partition coefficient (Wildman–Crippen LogP) is 3.25. The van der Waals surface area contributed by atoms with E-state index in [1.807, 2.05) is 0 Å². The molecule has 0 radical (unpaired) electrons. The molecule has 4 heteroatoms. The van der Waals surface area contributed by atoms with Crippen molar-refractivity contribution in [2.45, 2.75) is 6.42 Å². The summed E-state index contributed by atoms with van der Waals surface area (Å²) in [6.45, 7) is 0. The molecule has 1 N–H and O–H groups in total. The Morgan fingerprint density at radius 3 is 2.28 bits per heavy atom. The van der Waals surface area contributed by atoms with Crippen molar-refractivity contribution in [3.63, 3.8) is 0 Å². The third-order valence-corrected chi connectivity index (χ3v) is 2.61. The molecule has 18 heavy (non-hydrogen) atoms. The van der Waals surface area contributed by atoms with Gasteiger partial charge >= 0.3 is 5.97 Å². The molecule has 0 fully saturated rings. The van der Waals surface area contributed by atoms with Gasteiger partial charge in [0.05, 0.1) is 5.56 Å². The van der Waals surface area contributed by atoms with E-state index in [-0.39, 0.29) is 5.56 Å². The molecule has 0 spiro atoms. The summed E-state index contributed by atoms with van der Waals surface area (Å²) in [6, 6.07) is 9.57. The van der Waals surface area contributed by atoms with Gasteiger partial charge in [0.15, 0.2) is 0 Å². The fourth-order valence-electron chi connectivity index (χ4n) is 1.65. The molecule has 0 amide bonds. The zero-order chi connectivity index (χ0) is 13.1. The molecule has 0 atom stereocenters. The zero-order valence-electron chi connectivity index (χ0n) is 9.36. The van der Waals surface area contributed by atoms with Crippen LogP contribution in [-0.2, 0) is 6.42 Å². The SMILES string of the molecule is O=C(O)c1ccc(Cc2ccc(F)cc2F)cc1. The Morgan fingerprint density at radius 1 is 1.06 bits per heavy atom. The van der Waals surface area contributed by atoms with Crippen LogP contribution in [0.5, 0.6) is 0 Å². The van der Waals surface area contributed by atoms with Gasteiger partial charge < -0.3 is 5.11 Å². The molecule has 92 valence electrons. The summed E-state index contributed by atoms with van der Waals surface area (Å²) in [6.07, 6.45) is 0.298. The number of carboxylic acids is 1. The molecule has 0 unspecified atom stereocenters. The molecule has 0 aliphatic rings. The van der Waals surface area contributed by atoms with E-state index in [0.717, 1.165) is 11.6 Å². The van der Waals surface area contributed by atoms with Gasteiger partial charge in [0.25, 0.3) is 0 Å². The summed E-state index contributed by atoms with van der Waals surface area (Å²) in [4.78, 5) is 10.7. The lowest BCUT2D eigenvalue weighted by Gasteiger charge is -2.04. The Labute approximate surface area is 103 Å². The molecule has 0 saturated carbocycles. The lowest BCUT2D eigenvalue weighted by atomic mass is 10.0. The molecule has 0 heterocycles. The molecule has 0 aliphatic carbocycles. The second kappa shape index (κ2) is 4.96. The minimum Gasteiger partial charge on any atom is -0.478 e. The highest BCUT2D eigenvalue weighted by molar-refractivity contribution is 5.87. The average molecular weight is 248 g/mol. The molecule has 0 saturated heterocycles. The maximum atomic E-state index is 13.4. The van der Waals surface area contributed by atoms with E-state index in [1.54, 1.807) is 12.1 Å². The van der Waals surface area contributed by atoms with E-state index in [0.29, 0.717) is 12.0 Å². The van der Waals surface area contributed by atoms with Crippen molar-refractivity contribution in [1.82, 2.24) is 0 Å². The molecule has 2 rings (SSSR count). The van der Waals surface area contributed by atoms with Crippen molar-refractivity contribution in [2.24, 2.45) is 0 Å². The molecule has 2 aromatic rings. The largest absolute Gasteiger partial charge is 0.478 e. The van der Waals surface area contributed by atoms with Crippen molar-refractivity contribution in [2.75, 3.05) is 0 Å². The van der Waals surface area contributed by atoms with Gasteiger partial charge in [-0.1, -0.05) is 18.2 Å². The predicted molar refractivity (Wildman–Crippen MR) is 62.6 cm³/mol. The summed E-state index contributed by atoms with van der Waals surface area (Å²) in [5.41, 5.74) is 1.32. The highest BCUT2D eigenvalue weighted by Gasteiger charge is 2.06. The third kappa shape index (κ3) is 2.71. The Hall–Kier alpha value is -2.23. The summed E-state index contributed by atoms with van der Waals surface area (Å²) < 4.78 is 26.1. The monoisotopic (exact) mass is 248 g/mol. The van der Waals surface area contributed by atoms with Crippen LogP contribution < -0.4 is 0 Å². The summed E-state index contributed by atoms with van der Waals surface area (Å²) in [7, 11) is 0. The Bertz CT molecular complexity index is 577. The fraction of sp³-hybridized carbons (Fsp3) is 0.0714. The zero-order valence-corrected chi connectivity index (χ0v) is 9.36. The van der Waals surface area contributed by atoms with E-state index < -0.39 is 17.6 Å². The maximum absolute atomic E-state index is 13.4. The number of carbonyl (C=O) groups is 1. The summed E-state index contributed by atoms with van der Waals surface area (Å²) in [5.74, 6) is -2.22. The van der Waals surface area contributed by atoms with Crippen molar-refractivity contribution in [3.8, 4) is 0 Å². The Kier molecular flexibility index (Phi) is 3.37. The van der Waals surface area contributed by atoms with Crippen LogP contribution in [-0.4, -0.2) is 11.1 Å². The molecular formula is C14H10F2O2. The number of benzene rings is 2. The first-order chi connectivity index (χ1) is 8.56. The minimum atomic E-state index is -1.01. The highest BCUT2D eigenvalue weighted by atomic mass is 19.1. The molecular weight excluding hydrogens is 238 g/mol. The lowest BCUT2D eigenvalue weighted by Crippen LogP contribution is -1.97. The van der Waals surface area contributed by atoms with Gasteiger partial charge in [-0.15, -0.1) is 0 Å². The van der Waals surface area contributed by atoms with Crippen LogP contribution in [0.25, 0.3) is 0 Å². The fourth-order valence-corrected chi connectivity index (χ4v) is 1.65. The van der Waals surface area contributed by atoms with Gasteiger partial charge in [0.1, 0.15) is 11.6 Å². The van der Waals surface area contributed by atoms with Crippen LogP contribution in [0.3, 0.4) is 0 Å². The lowest BCUT2D eigenvalue weighted by molar-refractivity contribution is 0.0697. The van der Waals surface area contributed by atoms with Crippen molar-refractivity contribution in [3.05, 3.63) is 70.8 Å². The quantitative estimate of drug-likeness (QED) is 0.905. The minimum absolute atomic E-state index is 0.179. The van der Waals surface area contributed by atoms with E-state index >= 15 is 0 Å². The van der Waals surface area contributed by atoms with Crippen LogP contribution >= 0.6 is 0 Å². The number of hydrogen-bond acceptors (Lipinski definition) is 1. The Balaban J connectivity index is 2.21. The number of hydrogen-bond donors (Lipinski definition) is 1. The van der Waals surface area contributed by atoms with E-state index in [4.69, 9.17) is 5.11 Å². The maximum Gasteiger partial charge on any atom is 0.335 e. The molecule has 2 nitrogen and oxygen atoms in total. The van der Waals surface area contributed by atoms with E-state index in [2.05, 4.69) is 0 Å². The summed E-state index contributed by atoms with van der Waals surface area (Å²) in [5, 5.41) is 8.74. The standard InChI is InChI=1S/C14H10F2O2/c15-12-6-5-11(13(16)8-12)7-9-1-3-10(4-2-9)14(17)18/h1-6,8H,7H2,(H,17,18). The van der Waals surface area contributed by atoms with Crippen molar-refractivity contribution >= 4 is 5.97 Å². The van der Waals surface area contributed by atoms with Crippen LogP contribution in [0.2, 0.25) is 0 Å². The average Bonchev–Trinajstić information content (AvgIpc) is 2.33. The molecule has 2 aromatic carbocycles. The third-order valence-electron chi connectivity index (χ3n) is 2.61. The van der Waals surface area contributed by atoms with Crippen molar-refractivity contribution < 1.29 is 18.7 Å².